The van der Waals surface area contributed by atoms with Crippen LogP contribution in [0.3, 0.4) is 0 Å². The molecule has 8 aromatic heterocycles. The average Bonchev–Trinajstić information content (AvgIpc) is 1.66. The summed E-state index contributed by atoms with van der Waals surface area (Å²) in [6.07, 6.45) is -10.3. The van der Waals surface area contributed by atoms with Crippen molar-refractivity contribution in [3.8, 4) is 11.3 Å². The lowest BCUT2D eigenvalue weighted by molar-refractivity contribution is -0.138. The summed E-state index contributed by atoms with van der Waals surface area (Å²) in [7, 11) is 0. The fourth-order valence-electron chi connectivity index (χ4n) is 13.3. The lowest BCUT2D eigenvalue weighted by atomic mass is 10.1. The van der Waals surface area contributed by atoms with Crippen molar-refractivity contribution in [2.75, 3.05) is 21.3 Å². The van der Waals surface area contributed by atoms with Crippen molar-refractivity contribution in [2.24, 2.45) is 0 Å². The van der Waals surface area contributed by atoms with Crippen LogP contribution in [0, 0.1) is 6.92 Å². The van der Waals surface area contributed by atoms with Gasteiger partial charge in [-0.2, -0.15) is 73.1 Å². The molecule has 0 aliphatic rings. The van der Waals surface area contributed by atoms with Crippen molar-refractivity contribution in [1.82, 2.24) is 54.1 Å². The average molecular weight is 1700 g/mol. The third-order valence-electron chi connectivity index (χ3n) is 19.5. The minimum atomic E-state index is -4.39. The number of rotatable bonds is 17. The number of halogens is 12. The van der Waals surface area contributed by atoms with Crippen molar-refractivity contribution >= 4 is 101 Å². The molecule has 10 aromatic carbocycles. The topological polar surface area (TPSA) is 253 Å². The van der Waals surface area contributed by atoms with E-state index in [1.54, 1.807) is 67.4 Å². The van der Waals surface area contributed by atoms with E-state index in [-0.39, 0.29) is 49.3 Å². The fourth-order valence-corrected chi connectivity index (χ4v) is 13.3. The number of carbonyl (C=O) groups is 4. The second-order valence-electron chi connectivity index (χ2n) is 28.2. The standard InChI is InChI=1S/C27H20F3N3O2.C24H16F3N3O2.C21H15F3N4O.C20H14F3N5O/c1-17-6-10-19(11-7-17)23-14-15-24(35-23)26(34)31-25-21-4-2-3-5-22(21)33(32-25)16-18-8-12-20(13-9-18)27(28,29)30;25-24(26,27)17-11-9-15(10-12-17)14-30-19-7-3-2-6-18(19)22(29-30)28-23(31)21-13-16-5-1-4-8-20(16)32-21;22-21(23,24)16-9-7-14(8-10-16)13-28-18-6-2-1-5-17(18)19(27-28)26-20(29)15-4-3-11-25-12-15;21-20(22,23)14-7-5-13(6-8-14)12-28-17-4-2-1-3-15(17)18(27-28)26-19(29)16-11-24-9-10-25-16/h2-15H,16H2,1H3,(H,31,32,34);1-13H,14H2,(H,28,29,31);1-12H,13H2,(H,26,27,29);1-11H,12H2,(H,26,27,29). The first kappa shape index (κ1) is 84.2. The van der Waals surface area contributed by atoms with E-state index in [4.69, 9.17) is 8.83 Å². The highest BCUT2D eigenvalue weighted by molar-refractivity contribution is 6.10. The summed E-state index contributed by atoms with van der Waals surface area (Å²) in [5.41, 5.74) is 5.92. The first-order valence-corrected chi connectivity index (χ1v) is 38.0. The zero-order valence-corrected chi connectivity index (χ0v) is 65.1. The monoisotopic (exact) mass is 1700 g/mol. The Labute approximate surface area is 700 Å². The van der Waals surface area contributed by atoms with E-state index >= 15 is 0 Å². The number of nitrogens with one attached hydrogen (secondary N) is 4. The van der Waals surface area contributed by atoms with E-state index in [1.165, 1.54) is 73.3 Å². The molecule has 0 fully saturated rings. The Morgan fingerprint density at radius 2 is 0.696 bits per heavy atom. The van der Waals surface area contributed by atoms with Gasteiger partial charge in [-0.15, -0.1) is 0 Å². The maximum absolute atomic E-state index is 12.9. The van der Waals surface area contributed by atoms with Gasteiger partial charge in [0.05, 0.1) is 82.3 Å². The van der Waals surface area contributed by atoms with Gasteiger partial charge in [0.1, 0.15) is 17.0 Å². The summed E-state index contributed by atoms with van der Waals surface area (Å²) in [5.74, 6) is 0.584. The lowest BCUT2D eigenvalue weighted by Gasteiger charge is -2.08. The van der Waals surface area contributed by atoms with Crippen molar-refractivity contribution in [3.05, 3.63) is 377 Å². The molecule has 33 heteroatoms. The SMILES string of the molecule is Cc1ccc(-c2ccc(C(=O)Nc3nn(Cc4ccc(C(F)(F)F)cc4)c4ccccc34)o2)cc1.O=C(Nc1nn(Cc2ccc(C(F)(F)F)cc2)c2ccccc12)c1cc2ccccc2o1.O=C(Nc1nn(Cc2ccc(C(F)(F)F)cc2)c2ccccc12)c1cccnc1.O=C(Nc1nn(Cc2ccc(C(F)(F)F)cc2)c2ccccc12)c1cnccn1. The number of alkyl halides is 12. The lowest BCUT2D eigenvalue weighted by Crippen LogP contribution is -2.14. The van der Waals surface area contributed by atoms with Gasteiger partial charge in [0.25, 0.3) is 23.6 Å². The molecule has 0 aliphatic heterocycles. The number of anilines is 4. The van der Waals surface area contributed by atoms with E-state index in [0.717, 1.165) is 92.5 Å². The van der Waals surface area contributed by atoms with Gasteiger partial charge in [0.15, 0.2) is 34.8 Å². The minimum Gasteiger partial charge on any atom is -0.451 e. The molecule has 4 amide bonds. The predicted molar refractivity (Wildman–Crippen MR) is 444 cm³/mol. The molecule has 21 nitrogen and oxygen atoms in total. The summed E-state index contributed by atoms with van der Waals surface area (Å²) < 4.78 is 172. The summed E-state index contributed by atoms with van der Waals surface area (Å²) in [6.45, 7) is 3.00. The van der Waals surface area contributed by atoms with Gasteiger partial charge in [-0.1, -0.05) is 145 Å². The summed E-state index contributed by atoms with van der Waals surface area (Å²) in [5, 5.41) is 32.7. The third-order valence-corrected chi connectivity index (χ3v) is 19.5. The molecule has 0 radical (unpaired) electrons. The smallest absolute Gasteiger partial charge is 0.416 e. The third kappa shape index (κ3) is 20.1. The number of amides is 4. The number of para-hydroxylation sites is 5. The van der Waals surface area contributed by atoms with Crippen LogP contribution < -0.4 is 21.3 Å². The van der Waals surface area contributed by atoms with E-state index in [9.17, 15) is 71.9 Å². The maximum atomic E-state index is 12.9. The van der Waals surface area contributed by atoms with Gasteiger partial charge in [-0.05, 0) is 163 Å². The Morgan fingerprint density at radius 1 is 0.336 bits per heavy atom. The molecular formula is C92H65F12N15O6. The molecule has 18 aromatic rings. The Kier molecular flexibility index (Phi) is 24.1. The largest absolute Gasteiger partial charge is 0.451 e. The summed E-state index contributed by atoms with van der Waals surface area (Å²) in [4.78, 5) is 62.2. The number of aromatic nitrogens is 11. The molecule has 0 atom stereocenters. The van der Waals surface area contributed by atoms with Crippen LogP contribution in [0.25, 0.3) is 65.9 Å². The maximum Gasteiger partial charge on any atom is 0.416 e. The highest BCUT2D eigenvalue weighted by Crippen LogP contribution is 2.36. The van der Waals surface area contributed by atoms with Crippen LogP contribution in [0.1, 0.15) is 92.0 Å². The minimum absolute atomic E-state index is 0.141. The molecule has 0 aliphatic carbocycles. The number of furan rings is 2. The molecule has 8 heterocycles. The summed E-state index contributed by atoms with van der Waals surface area (Å²) >= 11 is 0. The first-order chi connectivity index (χ1) is 60.0. The Morgan fingerprint density at radius 3 is 1.06 bits per heavy atom. The molecule has 125 heavy (non-hydrogen) atoms. The summed E-state index contributed by atoms with van der Waals surface area (Å²) in [6, 6.07) is 72.3. The van der Waals surface area contributed by atoms with Crippen molar-refractivity contribution in [3.63, 3.8) is 0 Å². The van der Waals surface area contributed by atoms with E-state index in [2.05, 4.69) is 56.6 Å². The molecule has 0 saturated heterocycles. The number of aryl methyl sites for hydroxylation is 1. The van der Waals surface area contributed by atoms with Crippen LogP contribution >= 0.6 is 0 Å². The van der Waals surface area contributed by atoms with E-state index in [1.807, 2.05) is 140 Å². The molecule has 0 saturated carbocycles. The molecule has 18 rings (SSSR count). The first-order valence-electron chi connectivity index (χ1n) is 38.0. The normalized spacial score (nSPS) is 11.7. The molecule has 0 spiro atoms. The predicted octanol–water partition coefficient (Wildman–Crippen LogP) is 21.9. The van der Waals surface area contributed by atoms with Crippen molar-refractivity contribution < 1.29 is 80.7 Å². The van der Waals surface area contributed by atoms with Gasteiger partial charge in [0, 0.05) is 57.3 Å². The fraction of sp³-hybridized carbons (Fsp3) is 0.0978. The number of carbonyl (C=O) groups excluding carboxylic acids is 4. The second kappa shape index (κ2) is 35.8. The number of pyridine rings is 1. The van der Waals surface area contributed by atoms with E-state index < -0.39 is 64.7 Å². The quantitative estimate of drug-likeness (QED) is 0.0620. The number of hydrogen-bond donors (Lipinski definition) is 4. The van der Waals surface area contributed by atoms with Crippen LogP contribution in [0.2, 0.25) is 0 Å². The Balaban J connectivity index is 0.000000129. The Bertz CT molecular complexity index is 6670. The zero-order valence-electron chi connectivity index (χ0n) is 65.1. The van der Waals surface area contributed by atoms with Gasteiger partial charge < -0.3 is 30.1 Å². The van der Waals surface area contributed by atoms with Crippen LogP contribution in [0.15, 0.2) is 313 Å². The highest BCUT2D eigenvalue weighted by atomic mass is 19.4. The van der Waals surface area contributed by atoms with Crippen LogP contribution in [-0.2, 0) is 50.9 Å². The second-order valence-corrected chi connectivity index (χ2v) is 28.2. The highest BCUT2D eigenvalue weighted by Gasteiger charge is 2.34. The number of fused-ring (bicyclic) bond motifs is 5. The van der Waals surface area contributed by atoms with E-state index in [0.29, 0.717) is 78.6 Å². The van der Waals surface area contributed by atoms with Crippen LogP contribution in [0.5, 0.6) is 0 Å². The van der Waals surface area contributed by atoms with Crippen molar-refractivity contribution in [1.29, 1.82) is 0 Å². The number of hydrogen-bond acceptors (Lipinski definition) is 13. The van der Waals surface area contributed by atoms with Gasteiger partial charge in [-0.25, -0.2) is 4.98 Å². The van der Waals surface area contributed by atoms with Gasteiger partial charge in [-0.3, -0.25) is 47.9 Å². The van der Waals surface area contributed by atoms with Crippen LogP contribution in [0.4, 0.5) is 76.0 Å². The Hall–Kier alpha value is -15.8. The molecule has 4 N–H and O–H groups in total. The van der Waals surface area contributed by atoms with Gasteiger partial charge >= 0.3 is 24.7 Å². The molecule has 0 unspecified atom stereocenters. The van der Waals surface area contributed by atoms with Crippen molar-refractivity contribution in [2.45, 2.75) is 57.8 Å². The zero-order chi connectivity index (χ0) is 87.7. The molecule has 628 valence electrons. The number of benzene rings is 10. The van der Waals surface area contributed by atoms with Crippen LogP contribution in [-0.4, -0.2) is 77.7 Å². The molecule has 0 bridgehead atoms. The molecular weight excluding hydrogens is 1640 g/mol. The number of nitrogens with zero attached hydrogens (tertiary/aromatic N) is 11. The van der Waals surface area contributed by atoms with Gasteiger partial charge in [0.2, 0.25) is 0 Å².